The van der Waals surface area contributed by atoms with Crippen molar-refractivity contribution in [3.63, 3.8) is 0 Å². The third kappa shape index (κ3) is 1.36. The fourth-order valence-corrected chi connectivity index (χ4v) is 3.59. The number of rotatable bonds is 0. The second kappa shape index (κ2) is 3.49. The van der Waals surface area contributed by atoms with Gasteiger partial charge in [0.1, 0.15) is 0 Å². The second-order valence-electron chi connectivity index (χ2n) is 3.56. The highest BCUT2D eigenvalue weighted by Crippen LogP contribution is 2.32. The van der Waals surface area contributed by atoms with Gasteiger partial charge in [0.2, 0.25) is 0 Å². The predicted molar refractivity (Wildman–Crippen MR) is 67.3 cm³/mol. The summed E-state index contributed by atoms with van der Waals surface area (Å²) in [4.78, 5) is 26.8. The van der Waals surface area contributed by atoms with Crippen LogP contribution in [0.4, 0.5) is 0 Å². The maximum atomic E-state index is 11.7. The van der Waals surface area contributed by atoms with Crippen molar-refractivity contribution in [3.05, 3.63) is 37.3 Å². The molecule has 6 heteroatoms. The number of nitrogens with zero attached hydrogens (tertiary/aromatic N) is 1. The first-order valence-electron chi connectivity index (χ1n) is 4.76. The number of halogens is 1. The Balaban J connectivity index is 2.61. The summed E-state index contributed by atoms with van der Waals surface area (Å²) in [6.45, 7) is 0.596. The molecule has 0 bridgehead atoms. The largest absolute Gasteiger partial charge is 0.316 e. The topological polar surface area (TPSA) is 54.9 Å². The maximum Gasteiger partial charge on any atom is 0.316 e. The van der Waals surface area contributed by atoms with Crippen molar-refractivity contribution in [1.29, 1.82) is 0 Å². The lowest BCUT2D eigenvalue weighted by atomic mass is 10.3. The summed E-state index contributed by atoms with van der Waals surface area (Å²) in [5.74, 6) is 0.821. The number of nitrogens with one attached hydrogen (secondary N) is 1. The van der Waals surface area contributed by atoms with Crippen molar-refractivity contribution in [2.45, 2.75) is 11.4 Å². The van der Waals surface area contributed by atoms with Gasteiger partial charge in [-0.1, -0.05) is 15.9 Å². The van der Waals surface area contributed by atoms with Gasteiger partial charge in [-0.25, -0.2) is 0 Å². The summed E-state index contributed by atoms with van der Waals surface area (Å²) in [5, 5.41) is 0. The normalized spacial score (nSPS) is 14.3. The van der Waals surface area contributed by atoms with Crippen LogP contribution in [0.2, 0.25) is 0 Å². The molecule has 1 aliphatic rings. The fourth-order valence-electron chi connectivity index (χ4n) is 1.92. The van der Waals surface area contributed by atoms with Crippen molar-refractivity contribution >= 4 is 38.7 Å². The first-order chi connectivity index (χ1) is 7.66. The molecule has 82 valence electrons. The number of benzene rings is 1. The minimum Gasteiger partial charge on any atom is -0.316 e. The quantitative estimate of drug-likeness (QED) is 0.751. The molecule has 0 radical (unpaired) electrons. The summed E-state index contributed by atoms with van der Waals surface area (Å²) < 4.78 is 2.47. The van der Waals surface area contributed by atoms with Gasteiger partial charge in [-0.05, 0) is 12.1 Å². The Kier molecular flexibility index (Phi) is 2.22. The Morgan fingerprint density at radius 1 is 1.38 bits per heavy atom. The molecule has 1 aromatic heterocycles. The van der Waals surface area contributed by atoms with E-state index >= 15 is 0 Å². The zero-order chi connectivity index (χ0) is 11.3. The average Bonchev–Trinajstić information content (AvgIpc) is 2.25. The van der Waals surface area contributed by atoms with Gasteiger partial charge in [-0.2, -0.15) is 0 Å². The molecule has 0 aliphatic carbocycles. The van der Waals surface area contributed by atoms with Gasteiger partial charge in [0, 0.05) is 21.7 Å². The van der Waals surface area contributed by atoms with E-state index in [1.54, 1.807) is 16.3 Å². The average molecular weight is 299 g/mol. The predicted octanol–water partition coefficient (Wildman–Crippen LogP) is 1.56. The molecule has 2 aromatic rings. The van der Waals surface area contributed by atoms with Crippen LogP contribution < -0.4 is 11.1 Å². The van der Waals surface area contributed by atoms with Crippen molar-refractivity contribution in [3.8, 4) is 0 Å². The molecule has 0 amide bonds. The Morgan fingerprint density at radius 2 is 2.19 bits per heavy atom. The molecule has 0 saturated carbocycles. The van der Waals surface area contributed by atoms with E-state index in [-0.39, 0.29) is 0 Å². The van der Waals surface area contributed by atoms with Crippen molar-refractivity contribution < 1.29 is 0 Å². The van der Waals surface area contributed by atoms with Gasteiger partial charge < -0.3 is 9.55 Å². The lowest BCUT2D eigenvalue weighted by Gasteiger charge is -2.18. The SMILES string of the molecule is O=c1[nH]c2cc(Br)cc3c2n(c1=O)CCS3. The lowest BCUT2D eigenvalue weighted by Crippen LogP contribution is -2.37. The minimum absolute atomic E-state index is 0.462. The van der Waals surface area contributed by atoms with E-state index in [1.807, 2.05) is 12.1 Å². The van der Waals surface area contributed by atoms with Crippen molar-refractivity contribution in [2.75, 3.05) is 5.75 Å². The molecule has 0 saturated heterocycles. The van der Waals surface area contributed by atoms with Gasteiger partial charge in [0.25, 0.3) is 0 Å². The van der Waals surface area contributed by atoms with Gasteiger partial charge in [0.15, 0.2) is 0 Å². The van der Waals surface area contributed by atoms with E-state index in [4.69, 9.17) is 0 Å². The maximum absolute atomic E-state index is 11.7. The first kappa shape index (κ1) is 10.2. The van der Waals surface area contributed by atoms with Crippen LogP contribution in [0.15, 0.2) is 31.1 Å². The van der Waals surface area contributed by atoms with E-state index in [2.05, 4.69) is 20.9 Å². The molecule has 4 nitrogen and oxygen atoms in total. The first-order valence-corrected chi connectivity index (χ1v) is 6.54. The van der Waals surface area contributed by atoms with Crippen molar-refractivity contribution in [2.24, 2.45) is 0 Å². The summed E-state index contributed by atoms with van der Waals surface area (Å²) in [6, 6.07) is 3.79. The van der Waals surface area contributed by atoms with Crippen LogP contribution in [-0.4, -0.2) is 15.3 Å². The summed E-state index contributed by atoms with van der Waals surface area (Å²) >= 11 is 5.09. The van der Waals surface area contributed by atoms with E-state index in [9.17, 15) is 9.59 Å². The van der Waals surface area contributed by atoms with Gasteiger partial charge in [0.05, 0.1) is 11.0 Å². The molecule has 16 heavy (non-hydrogen) atoms. The molecule has 0 unspecified atom stereocenters. The molecule has 3 rings (SSSR count). The molecule has 2 heterocycles. The number of thioether (sulfide) groups is 1. The summed E-state index contributed by atoms with van der Waals surface area (Å²) in [5.41, 5.74) is 0.532. The van der Waals surface area contributed by atoms with E-state index in [0.29, 0.717) is 12.1 Å². The highest BCUT2D eigenvalue weighted by atomic mass is 79.9. The number of H-pyrrole nitrogens is 1. The standard InChI is InChI=1S/C10H7BrN2O2S/c11-5-3-6-8-7(4-5)16-2-1-13(8)10(15)9(14)12-6/h3-4H,1-2H2,(H,12,14). The Bertz CT molecular complexity index is 704. The highest BCUT2D eigenvalue weighted by Gasteiger charge is 2.16. The van der Waals surface area contributed by atoms with Crippen LogP contribution in [0.3, 0.4) is 0 Å². The monoisotopic (exact) mass is 298 g/mol. The fraction of sp³-hybridized carbons (Fsp3) is 0.200. The summed E-state index contributed by atoms with van der Waals surface area (Å²) in [7, 11) is 0. The molecule has 0 fully saturated rings. The molecule has 0 spiro atoms. The van der Waals surface area contributed by atoms with E-state index in [1.165, 1.54) is 0 Å². The van der Waals surface area contributed by atoms with Crippen LogP contribution >= 0.6 is 27.7 Å². The van der Waals surface area contributed by atoms with Crippen LogP contribution in [0, 0.1) is 0 Å². The lowest BCUT2D eigenvalue weighted by molar-refractivity contribution is 0.738. The molecular weight excluding hydrogens is 292 g/mol. The third-order valence-electron chi connectivity index (χ3n) is 2.57. The summed E-state index contributed by atoms with van der Waals surface area (Å²) in [6.07, 6.45) is 0. The number of aryl methyl sites for hydroxylation is 1. The molecule has 1 aliphatic heterocycles. The number of hydrogen-bond donors (Lipinski definition) is 1. The van der Waals surface area contributed by atoms with E-state index < -0.39 is 11.1 Å². The highest BCUT2D eigenvalue weighted by molar-refractivity contribution is 9.10. The zero-order valence-electron chi connectivity index (χ0n) is 8.12. The Labute approximate surface area is 103 Å². The molecule has 1 N–H and O–H groups in total. The Hall–Kier alpha value is -1.01. The number of aromatic nitrogens is 2. The van der Waals surface area contributed by atoms with Gasteiger partial charge in [-0.15, -0.1) is 11.8 Å². The molecular formula is C10H7BrN2O2S. The zero-order valence-corrected chi connectivity index (χ0v) is 10.5. The Morgan fingerprint density at radius 3 is 3.00 bits per heavy atom. The van der Waals surface area contributed by atoms with Gasteiger partial charge >= 0.3 is 11.1 Å². The molecule has 1 aromatic carbocycles. The van der Waals surface area contributed by atoms with Gasteiger partial charge in [-0.3, -0.25) is 9.59 Å². The van der Waals surface area contributed by atoms with Crippen LogP contribution in [0.1, 0.15) is 0 Å². The third-order valence-corrected chi connectivity index (χ3v) is 4.04. The number of hydrogen-bond acceptors (Lipinski definition) is 3. The van der Waals surface area contributed by atoms with Crippen molar-refractivity contribution in [1.82, 2.24) is 9.55 Å². The van der Waals surface area contributed by atoms with Crippen LogP contribution in [-0.2, 0) is 6.54 Å². The smallest absolute Gasteiger partial charge is 0.316 e. The second-order valence-corrected chi connectivity index (χ2v) is 5.61. The van der Waals surface area contributed by atoms with Crippen LogP contribution in [0.5, 0.6) is 0 Å². The van der Waals surface area contributed by atoms with E-state index in [0.717, 1.165) is 20.6 Å². The minimum atomic E-state index is -0.552. The van der Waals surface area contributed by atoms with Crippen LogP contribution in [0.25, 0.3) is 11.0 Å². The number of aromatic amines is 1. The molecule has 0 atom stereocenters.